The van der Waals surface area contributed by atoms with E-state index in [-0.39, 0.29) is 16.8 Å². The first-order valence-corrected chi connectivity index (χ1v) is 9.58. The second kappa shape index (κ2) is 6.84. The first kappa shape index (κ1) is 19.5. The molecule has 0 atom stereocenters. The molecule has 0 saturated carbocycles. The molecule has 0 saturated heterocycles. The number of nitrogens with two attached hydrogens (primary N) is 1. The SMILES string of the molecule is Nc1cc(S(=O)(=O)O)ccc1/C=C/c1ccc([N+](=O)[O-])cc1S(=O)(=O)O. The van der Waals surface area contributed by atoms with E-state index >= 15 is 0 Å². The summed E-state index contributed by atoms with van der Waals surface area (Å²) in [4.78, 5) is 8.86. The van der Waals surface area contributed by atoms with Gasteiger partial charge in [0.25, 0.3) is 25.9 Å². The Hall–Kier alpha value is -2.80. The number of nitro groups is 1. The van der Waals surface area contributed by atoms with Crippen LogP contribution in [0.2, 0.25) is 0 Å². The molecule has 0 fully saturated rings. The molecule has 26 heavy (non-hydrogen) atoms. The van der Waals surface area contributed by atoms with E-state index in [0.29, 0.717) is 6.07 Å². The van der Waals surface area contributed by atoms with E-state index in [4.69, 9.17) is 10.3 Å². The fraction of sp³-hybridized carbons (Fsp3) is 0. The third-order valence-electron chi connectivity index (χ3n) is 3.28. The number of anilines is 1. The summed E-state index contributed by atoms with van der Waals surface area (Å²) in [6.45, 7) is 0. The van der Waals surface area contributed by atoms with E-state index in [9.17, 15) is 31.5 Å². The van der Waals surface area contributed by atoms with Gasteiger partial charge in [0.1, 0.15) is 4.90 Å². The van der Waals surface area contributed by atoms with Crippen molar-refractivity contribution in [2.24, 2.45) is 0 Å². The number of benzene rings is 2. The van der Waals surface area contributed by atoms with Crippen LogP contribution in [0, 0.1) is 10.1 Å². The molecule has 12 heteroatoms. The lowest BCUT2D eigenvalue weighted by Crippen LogP contribution is -2.02. The molecule has 138 valence electrons. The number of nitro benzene ring substituents is 1. The van der Waals surface area contributed by atoms with Gasteiger partial charge in [-0.3, -0.25) is 19.2 Å². The third-order valence-corrected chi connectivity index (χ3v) is 5.04. The molecule has 0 radical (unpaired) electrons. The molecule has 2 aromatic rings. The molecule has 0 aromatic heterocycles. The van der Waals surface area contributed by atoms with Gasteiger partial charge in [-0.15, -0.1) is 0 Å². The van der Waals surface area contributed by atoms with Gasteiger partial charge in [0.2, 0.25) is 0 Å². The van der Waals surface area contributed by atoms with Crippen molar-refractivity contribution in [1.82, 2.24) is 0 Å². The summed E-state index contributed by atoms with van der Waals surface area (Å²) in [5.41, 5.74) is 5.39. The monoisotopic (exact) mass is 400 g/mol. The van der Waals surface area contributed by atoms with Crippen LogP contribution < -0.4 is 5.73 Å². The van der Waals surface area contributed by atoms with E-state index in [1.807, 2.05) is 0 Å². The maximum absolute atomic E-state index is 11.4. The number of non-ortho nitro benzene ring substituents is 1. The van der Waals surface area contributed by atoms with Crippen LogP contribution in [0.1, 0.15) is 11.1 Å². The van der Waals surface area contributed by atoms with Gasteiger partial charge < -0.3 is 5.73 Å². The van der Waals surface area contributed by atoms with Gasteiger partial charge in [0.05, 0.1) is 9.82 Å². The maximum Gasteiger partial charge on any atom is 0.295 e. The van der Waals surface area contributed by atoms with Crippen molar-refractivity contribution in [3.8, 4) is 0 Å². The minimum absolute atomic E-state index is 0.0216. The highest BCUT2D eigenvalue weighted by atomic mass is 32.2. The molecule has 0 aliphatic carbocycles. The summed E-state index contributed by atoms with van der Waals surface area (Å²) in [6, 6.07) is 6.26. The van der Waals surface area contributed by atoms with E-state index < -0.39 is 40.6 Å². The summed E-state index contributed by atoms with van der Waals surface area (Å²) in [7, 11) is -9.16. The molecule has 0 spiro atoms. The molecular formula is C14H12N2O8S2. The summed E-state index contributed by atoms with van der Waals surface area (Å²) >= 11 is 0. The molecule has 10 nitrogen and oxygen atoms in total. The van der Waals surface area contributed by atoms with Crippen molar-refractivity contribution in [2.75, 3.05) is 5.73 Å². The van der Waals surface area contributed by atoms with Crippen molar-refractivity contribution >= 4 is 43.8 Å². The van der Waals surface area contributed by atoms with Crippen molar-refractivity contribution in [2.45, 2.75) is 9.79 Å². The van der Waals surface area contributed by atoms with Crippen LogP contribution in [0.15, 0.2) is 46.2 Å². The van der Waals surface area contributed by atoms with Gasteiger partial charge >= 0.3 is 0 Å². The third kappa shape index (κ3) is 4.43. The highest BCUT2D eigenvalue weighted by molar-refractivity contribution is 7.86. The van der Waals surface area contributed by atoms with Crippen LogP contribution in [0.25, 0.3) is 12.2 Å². The number of hydrogen-bond donors (Lipinski definition) is 3. The average molecular weight is 400 g/mol. The van der Waals surface area contributed by atoms with Crippen LogP contribution in [0.3, 0.4) is 0 Å². The molecule has 0 bridgehead atoms. The van der Waals surface area contributed by atoms with Crippen LogP contribution >= 0.6 is 0 Å². The average Bonchev–Trinajstić information content (AvgIpc) is 2.51. The Kier molecular flexibility index (Phi) is 5.13. The quantitative estimate of drug-likeness (QED) is 0.222. The lowest BCUT2D eigenvalue weighted by Gasteiger charge is -2.05. The predicted molar refractivity (Wildman–Crippen MR) is 92.5 cm³/mol. The van der Waals surface area contributed by atoms with Gasteiger partial charge in [-0.2, -0.15) is 16.8 Å². The minimum atomic E-state index is -4.73. The fourth-order valence-corrected chi connectivity index (χ4v) is 3.26. The lowest BCUT2D eigenvalue weighted by molar-refractivity contribution is -0.385. The molecule has 0 amide bonds. The molecule has 4 N–H and O–H groups in total. The largest absolute Gasteiger partial charge is 0.398 e. The van der Waals surface area contributed by atoms with Gasteiger partial charge in [-0.25, -0.2) is 0 Å². The first-order valence-electron chi connectivity index (χ1n) is 6.70. The van der Waals surface area contributed by atoms with E-state index in [2.05, 4.69) is 0 Å². The van der Waals surface area contributed by atoms with Crippen LogP contribution in [-0.4, -0.2) is 30.9 Å². The highest BCUT2D eigenvalue weighted by Crippen LogP contribution is 2.25. The highest BCUT2D eigenvalue weighted by Gasteiger charge is 2.19. The van der Waals surface area contributed by atoms with Crippen LogP contribution in [0.4, 0.5) is 11.4 Å². The van der Waals surface area contributed by atoms with E-state index in [0.717, 1.165) is 24.3 Å². The zero-order valence-electron chi connectivity index (χ0n) is 12.8. The van der Waals surface area contributed by atoms with Crippen molar-refractivity contribution in [3.63, 3.8) is 0 Å². The predicted octanol–water partition coefficient (Wildman–Crippen LogP) is 1.84. The minimum Gasteiger partial charge on any atom is -0.398 e. The Morgan fingerprint density at radius 2 is 1.50 bits per heavy atom. The molecule has 2 rings (SSSR count). The Balaban J connectivity index is 2.50. The standard InChI is InChI=1S/C14H12N2O8S2/c15-13-8-12(25(19,20)21)6-4-9(13)1-2-10-3-5-11(16(17)18)7-14(10)26(22,23)24/h1-8H,15H2,(H,19,20,21)(H,22,23,24)/b2-1+. The Morgan fingerprint density at radius 1 is 0.923 bits per heavy atom. The topological polar surface area (TPSA) is 178 Å². The van der Waals surface area contributed by atoms with Crippen molar-refractivity contribution < 1.29 is 30.9 Å². The number of nitrogen functional groups attached to an aromatic ring is 1. The van der Waals surface area contributed by atoms with E-state index in [1.165, 1.54) is 18.2 Å². The summed E-state index contributed by atoms with van der Waals surface area (Å²) < 4.78 is 63.2. The molecule has 0 heterocycles. The zero-order chi connectivity index (χ0) is 19.7. The fourth-order valence-electron chi connectivity index (χ4n) is 2.04. The Bertz CT molecular complexity index is 1120. The lowest BCUT2D eigenvalue weighted by atomic mass is 10.1. The molecule has 0 unspecified atom stereocenters. The second-order valence-corrected chi connectivity index (χ2v) is 7.86. The van der Waals surface area contributed by atoms with Gasteiger partial charge in [-0.1, -0.05) is 18.2 Å². The van der Waals surface area contributed by atoms with E-state index in [1.54, 1.807) is 0 Å². The van der Waals surface area contributed by atoms with Crippen molar-refractivity contribution in [3.05, 3.63) is 57.6 Å². The van der Waals surface area contributed by atoms with Crippen molar-refractivity contribution in [1.29, 1.82) is 0 Å². The molecule has 0 aliphatic heterocycles. The number of nitrogens with zero attached hydrogens (tertiary/aromatic N) is 1. The maximum atomic E-state index is 11.4. The van der Waals surface area contributed by atoms with Crippen LogP contribution in [-0.2, 0) is 20.2 Å². The zero-order valence-corrected chi connectivity index (χ0v) is 14.4. The molecular weight excluding hydrogens is 388 g/mol. The molecule has 2 aromatic carbocycles. The van der Waals surface area contributed by atoms with Crippen LogP contribution in [0.5, 0.6) is 0 Å². The smallest absolute Gasteiger partial charge is 0.295 e. The Morgan fingerprint density at radius 3 is 2.00 bits per heavy atom. The number of hydrogen-bond acceptors (Lipinski definition) is 7. The summed E-state index contributed by atoms with van der Waals surface area (Å²) in [6.07, 6.45) is 2.55. The summed E-state index contributed by atoms with van der Waals surface area (Å²) in [5.74, 6) is 0. The summed E-state index contributed by atoms with van der Waals surface area (Å²) in [5, 5.41) is 10.8. The van der Waals surface area contributed by atoms with Gasteiger partial charge in [0.15, 0.2) is 0 Å². The van der Waals surface area contributed by atoms with Gasteiger partial charge in [-0.05, 0) is 29.3 Å². The Labute approximate surface area is 148 Å². The number of rotatable bonds is 5. The molecule has 0 aliphatic rings. The second-order valence-electron chi connectivity index (χ2n) is 5.05. The van der Waals surface area contributed by atoms with Gasteiger partial charge in [0, 0.05) is 17.8 Å². The normalized spacial score (nSPS) is 12.4. The first-order chi connectivity index (χ1) is 11.9.